The Morgan fingerprint density at radius 3 is 2.00 bits per heavy atom. The second-order valence-electron chi connectivity index (χ2n) is 5.70. The molecule has 0 atom stereocenters. The number of nitrogens with zero attached hydrogens (tertiary/aromatic N) is 4. The SMILES string of the molecule is Cl/C=C/C[N+]12CN3CN(CN(C3)C1)C2.O=C([O-])CNCO.[Cl-].[Na+]. The molecule has 4 aliphatic heterocycles. The van der Waals surface area contributed by atoms with E-state index in [9.17, 15) is 9.90 Å². The molecule has 4 aliphatic rings. The Morgan fingerprint density at radius 2 is 1.70 bits per heavy atom. The van der Waals surface area contributed by atoms with Gasteiger partial charge in [-0.3, -0.25) is 9.80 Å². The molecule has 0 aliphatic carbocycles. The van der Waals surface area contributed by atoms with E-state index in [0.717, 1.165) is 31.0 Å². The number of carboxylic acids is 1. The van der Waals surface area contributed by atoms with E-state index in [0.29, 0.717) is 0 Å². The third kappa shape index (κ3) is 7.13. The van der Waals surface area contributed by atoms with Gasteiger partial charge in [-0.1, -0.05) is 11.6 Å². The molecular formula is C12H22Cl2N5NaO3. The molecule has 0 aromatic carbocycles. The van der Waals surface area contributed by atoms with Crippen molar-refractivity contribution in [3.63, 3.8) is 0 Å². The molecule has 11 heteroatoms. The van der Waals surface area contributed by atoms with E-state index in [4.69, 9.17) is 16.7 Å². The van der Waals surface area contributed by atoms with Crippen LogP contribution in [0.15, 0.2) is 11.6 Å². The maximum atomic E-state index is 9.47. The van der Waals surface area contributed by atoms with Crippen molar-refractivity contribution in [2.24, 2.45) is 0 Å². The summed E-state index contributed by atoms with van der Waals surface area (Å²) in [6.45, 7) is 7.47. The first-order chi connectivity index (χ1) is 10.1. The first kappa shape index (κ1) is 23.5. The molecule has 23 heavy (non-hydrogen) atoms. The molecule has 0 unspecified atom stereocenters. The zero-order valence-electron chi connectivity index (χ0n) is 13.3. The van der Waals surface area contributed by atoms with Crippen molar-refractivity contribution >= 4 is 17.6 Å². The van der Waals surface area contributed by atoms with Crippen molar-refractivity contribution in [1.82, 2.24) is 20.0 Å². The zero-order chi connectivity index (χ0) is 15.3. The summed E-state index contributed by atoms with van der Waals surface area (Å²) in [5, 5.41) is 19.5. The van der Waals surface area contributed by atoms with Gasteiger partial charge in [0.2, 0.25) is 0 Å². The normalized spacial score (nSPS) is 33.4. The molecule has 0 amide bonds. The smallest absolute Gasteiger partial charge is 1.00 e. The molecule has 0 radical (unpaired) electrons. The Bertz CT molecular complexity index is 368. The van der Waals surface area contributed by atoms with Crippen molar-refractivity contribution in [1.29, 1.82) is 0 Å². The standard InChI is InChI=1S/C9H16ClN4.C3H7NO3.ClH.Na/c10-2-1-3-14-7-11-4-12(8-14)6-13(5-11)9-14;5-2-4-1-3(6)7;;/h1-2H,3-9H2;4-5H,1-2H2,(H,6,7);1H;/q+1;;;+1/p-2/b2-1+;;;. The van der Waals surface area contributed by atoms with Gasteiger partial charge in [-0.05, 0) is 6.08 Å². The van der Waals surface area contributed by atoms with E-state index in [-0.39, 0.29) is 55.2 Å². The number of aliphatic hydroxyl groups excluding tert-OH is 1. The number of quaternary nitrogens is 1. The quantitative estimate of drug-likeness (QED) is 0.279. The number of rotatable bonds is 5. The average molecular weight is 378 g/mol. The van der Waals surface area contributed by atoms with E-state index in [1.54, 1.807) is 5.54 Å². The first-order valence-corrected chi connectivity index (χ1v) is 7.29. The largest absolute Gasteiger partial charge is 1.00 e. The third-order valence-corrected chi connectivity index (χ3v) is 3.84. The van der Waals surface area contributed by atoms with Crippen molar-refractivity contribution in [3.8, 4) is 0 Å². The minimum Gasteiger partial charge on any atom is -1.00 e. The second-order valence-corrected chi connectivity index (χ2v) is 5.96. The molecule has 4 saturated heterocycles. The molecule has 0 aromatic heterocycles. The Hall–Kier alpha value is 0.550. The van der Waals surface area contributed by atoms with Gasteiger partial charge in [0.1, 0.15) is 26.6 Å². The Labute approximate surface area is 169 Å². The number of aliphatic hydroxyl groups is 1. The van der Waals surface area contributed by atoms with Gasteiger partial charge in [0.15, 0.2) is 0 Å². The summed E-state index contributed by atoms with van der Waals surface area (Å²) in [6.07, 6.45) is 2.08. The van der Waals surface area contributed by atoms with Gasteiger partial charge in [0, 0.05) is 12.1 Å². The fourth-order valence-electron chi connectivity index (χ4n) is 3.25. The number of nitrogens with one attached hydrogen (secondary N) is 1. The van der Waals surface area contributed by atoms with Crippen LogP contribution in [0.5, 0.6) is 0 Å². The fraction of sp³-hybridized carbons (Fsp3) is 0.750. The Morgan fingerprint density at radius 1 is 1.22 bits per heavy atom. The van der Waals surface area contributed by atoms with Crippen molar-refractivity contribution < 1.29 is 61.5 Å². The van der Waals surface area contributed by atoms with Gasteiger partial charge < -0.3 is 27.4 Å². The molecule has 0 aromatic rings. The minimum absolute atomic E-state index is 0. The molecule has 4 rings (SSSR count). The molecule has 0 saturated carbocycles. The summed E-state index contributed by atoms with van der Waals surface area (Å²) in [7, 11) is 0. The van der Waals surface area contributed by atoms with Crippen LogP contribution in [0.1, 0.15) is 0 Å². The summed E-state index contributed by atoms with van der Waals surface area (Å²) in [5.74, 6) is -1.21. The second kappa shape index (κ2) is 11.2. The summed E-state index contributed by atoms with van der Waals surface area (Å²) >= 11 is 5.61. The predicted octanol–water partition coefficient (Wildman–Crippen LogP) is -8.47. The van der Waals surface area contributed by atoms with Crippen molar-refractivity contribution in [2.45, 2.75) is 0 Å². The number of halogens is 2. The number of carbonyl (C=O) groups is 1. The zero-order valence-corrected chi connectivity index (χ0v) is 16.8. The van der Waals surface area contributed by atoms with Crippen LogP contribution >= 0.6 is 11.6 Å². The topological polar surface area (TPSA) is 82.1 Å². The number of hydrogen-bond donors (Lipinski definition) is 2. The molecule has 2 N–H and O–H groups in total. The van der Waals surface area contributed by atoms with E-state index < -0.39 is 5.97 Å². The fourth-order valence-corrected chi connectivity index (χ4v) is 3.33. The van der Waals surface area contributed by atoms with Crippen LogP contribution in [0.2, 0.25) is 0 Å². The minimum atomic E-state index is -1.21. The molecule has 4 heterocycles. The summed E-state index contributed by atoms with van der Waals surface area (Å²) in [6, 6.07) is 0. The number of hydrogen-bond acceptors (Lipinski definition) is 7. The van der Waals surface area contributed by atoms with Crippen LogP contribution < -0.4 is 52.4 Å². The molecular weight excluding hydrogens is 356 g/mol. The third-order valence-electron chi connectivity index (χ3n) is 3.66. The Kier molecular flexibility index (Phi) is 11.5. The molecule has 4 fully saturated rings. The molecule has 4 bridgehead atoms. The van der Waals surface area contributed by atoms with Gasteiger partial charge in [-0.25, -0.2) is 14.7 Å². The summed E-state index contributed by atoms with van der Waals surface area (Å²) < 4.78 is 1.14. The number of carboxylic acid groups (broad SMARTS) is 1. The molecule has 128 valence electrons. The van der Waals surface area contributed by atoms with Gasteiger partial charge in [-0.15, -0.1) is 0 Å². The molecule has 0 spiro atoms. The van der Waals surface area contributed by atoms with Crippen molar-refractivity contribution in [3.05, 3.63) is 11.6 Å². The van der Waals surface area contributed by atoms with Crippen LogP contribution in [-0.2, 0) is 4.79 Å². The van der Waals surface area contributed by atoms with Gasteiger partial charge in [0.05, 0.1) is 32.7 Å². The van der Waals surface area contributed by atoms with Gasteiger partial charge in [-0.2, -0.15) is 0 Å². The monoisotopic (exact) mass is 377 g/mol. The van der Waals surface area contributed by atoms with Crippen LogP contribution in [0.25, 0.3) is 0 Å². The van der Waals surface area contributed by atoms with E-state index in [2.05, 4.69) is 26.1 Å². The first-order valence-electron chi connectivity index (χ1n) is 6.86. The van der Waals surface area contributed by atoms with Crippen LogP contribution in [-0.4, -0.2) is 90.1 Å². The van der Waals surface area contributed by atoms with E-state index in [1.807, 2.05) is 0 Å². The van der Waals surface area contributed by atoms with E-state index in [1.165, 1.54) is 20.0 Å². The van der Waals surface area contributed by atoms with E-state index >= 15 is 0 Å². The predicted molar refractivity (Wildman–Crippen MR) is 74.9 cm³/mol. The van der Waals surface area contributed by atoms with Crippen LogP contribution in [0.3, 0.4) is 0 Å². The summed E-state index contributed by atoms with van der Waals surface area (Å²) in [5.41, 5.74) is 1.65. The average Bonchev–Trinajstić information content (AvgIpc) is 2.42. The Balaban J connectivity index is 0.000000474. The molecule has 8 nitrogen and oxygen atoms in total. The maximum absolute atomic E-state index is 9.47. The number of aliphatic carboxylic acids is 1. The van der Waals surface area contributed by atoms with Crippen molar-refractivity contribution in [2.75, 3.05) is 59.8 Å². The summed E-state index contributed by atoms with van der Waals surface area (Å²) in [4.78, 5) is 17.0. The van der Waals surface area contributed by atoms with Crippen LogP contribution in [0, 0.1) is 0 Å². The van der Waals surface area contributed by atoms with Gasteiger partial charge >= 0.3 is 29.6 Å². The van der Waals surface area contributed by atoms with Gasteiger partial charge in [0.25, 0.3) is 0 Å². The van der Waals surface area contributed by atoms with Crippen LogP contribution in [0.4, 0.5) is 0 Å². The number of carbonyl (C=O) groups excluding carboxylic acids is 1. The maximum Gasteiger partial charge on any atom is 1.00 e.